The van der Waals surface area contributed by atoms with Gasteiger partial charge in [-0.25, -0.2) is 14.3 Å². The molecule has 0 bridgehead atoms. The number of likely N-dealkylation sites (tertiary alicyclic amines) is 1. The molecule has 9 nitrogen and oxygen atoms in total. The molecule has 2 atom stereocenters. The predicted octanol–water partition coefficient (Wildman–Crippen LogP) is 6.02. The second-order valence-corrected chi connectivity index (χ2v) is 10.9. The highest BCUT2D eigenvalue weighted by Crippen LogP contribution is 2.34. The van der Waals surface area contributed by atoms with Crippen LogP contribution in [0.4, 0.5) is 29.5 Å². The molecule has 2 fully saturated rings. The molecule has 40 heavy (non-hydrogen) atoms. The molecule has 1 aromatic carbocycles. The Labute approximate surface area is 234 Å². The first kappa shape index (κ1) is 28.0. The Morgan fingerprint density at radius 3 is 2.70 bits per heavy atom. The molecule has 4 heterocycles. The second-order valence-electron chi connectivity index (χ2n) is 10.5. The number of ether oxygens (including phenoxy) is 1. The van der Waals surface area contributed by atoms with E-state index >= 15 is 0 Å². The minimum Gasteiger partial charge on any atom is -0.440 e. The summed E-state index contributed by atoms with van der Waals surface area (Å²) in [4.78, 5) is 34.7. The fourth-order valence-corrected chi connectivity index (χ4v) is 5.53. The lowest BCUT2D eigenvalue weighted by molar-refractivity contribution is -0.159. The van der Waals surface area contributed by atoms with E-state index in [9.17, 15) is 22.8 Å². The topological polar surface area (TPSA) is 92.1 Å². The zero-order valence-corrected chi connectivity index (χ0v) is 22.9. The van der Waals surface area contributed by atoms with Gasteiger partial charge in [-0.2, -0.15) is 18.3 Å². The van der Waals surface area contributed by atoms with Crippen LogP contribution in [-0.2, 0) is 4.74 Å². The highest BCUT2D eigenvalue weighted by atomic mass is 35.5. The Balaban J connectivity index is 1.41. The number of nitrogens with one attached hydrogen (secondary N) is 1. The van der Waals surface area contributed by atoms with E-state index in [0.29, 0.717) is 30.2 Å². The number of piperidine rings is 1. The maximum Gasteiger partial charge on any atom is 0.422 e. The van der Waals surface area contributed by atoms with Crippen LogP contribution in [0, 0.1) is 12.8 Å². The minimum absolute atomic E-state index is 0.00248. The van der Waals surface area contributed by atoms with Gasteiger partial charge < -0.3 is 14.5 Å². The Hall–Kier alpha value is -3.54. The lowest BCUT2D eigenvalue weighted by Crippen LogP contribution is -2.39. The van der Waals surface area contributed by atoms with Crippen LogP contribution in [0.1, 0.15) is 60.3 Å². The van der Waals surface area contributed by atoms with E-state index in [2.05, 4.69) is 21.9 Å². The van der Waals surface area contributed by atoms with Crippen LogP contribution >= 0.6 is 11.6 Å². The number of anilines is 2. The van der Waals surface area contributed by atoms with Crippen molar-refractivity contribution in [3.05, 3.63) is 52.3 Å². The Bertz CT molecular complexity index is 1430. The van der Waals surface area contributed by atoms with Gasteiger partial charge >= 0.3 is 12.3 Å². The number of halogens is 4. The van der Waals surface area contributed by atoms with Crippen LogP contribution in [0.25, 0.3) is 5.65 Å². The standard InChI is InChI=1S/C27H30ClF3N6O3/c1-16-8-10-35(13-16)24-17(2)14-37-23(33-24)12-21(34-37)22-5-3-4-9-36(22)25(38)19-11-18(28)6-7-20(19)32-26(39)40-15-27(29,30)31/h6-7,11-12,14,16,22H,3-5,8-10,13,15H2,1-2H3,(H,32,39)/t16-,22-/m0/s1. The third-order valence-electron chi connectivity index (χ3n) is 7.27. The summed E-state index contributed by atoms with van der Waals surface area (Å²) in [7, 11) is 0. The molecule has 2 amide bonds. The van der Waals surface area contributed by atoms with Gasteiger partial charge in [0.1, 0.15) is 5.82 Å². The maximum absolute atomic E-state index is 13.8. The third kappa shape index (κ3) is 6.11. The molecule has 0 radical (unpaired) electrons. The number of benzene rings is 1. The number of aryl methyl sites for hydroxylation is 1. The van der Waals surface area contributed by atoms with Gasteiger partial charge in [-0.15, -0.1) is 0 Å². The molecule has 2 saturated heterocycles. The lowest BCUT2D eigenvalue weighted by Gasteiger charge is -2.35. The number of amides is 2. The summed E-state index contributed by atoms with van der Waals surface area (Å²) < 4.78 is 43.4. The van der Waals surface area contributed by atoms with Crippen molar-refractivity contribution in [3.8, 4) is 0 Å². The molecule has 0 saturated carbocycles. The summed E-state index contributed by atoms with van der Waals surface area (Å²) in [5.74, 6) is 1.12. The SMILES string of the molecule is Cc1cn2nc([C@@H]3CCCCN3C(=O)c3cc(Cl)ccc3NC(=O)OCC(F)(F)F)cc2nc1N1CC[C@H](C)C1. The van der Waals surface area contributed by atoms with Crippen LogP contribution < -0.4 is 10.2 Å². The largest absolute Gasteiger partial charge is 0.440 e. The monoisotopic (exact) mass is 578 g/mol. The number of alkyl halides is 3. The fraction of sp³-hybridized carbons (Fsp3) is 0.481. The Morgan fingerprint density at radius 1 is 1.18 bits per heavy atom. The van der Waals surface area contributed by atoms with E-state index in [-0.39, 0.29) is 22.3 Å². The molecule has 0 unspecified atom stereocenters. The van der Waals surface area contributed by atoms with E-state index in [0.717, 1.165) is 43.7 Å². The number of fused-ring (bicyclic) bond motifs is 1. The zero-order valence-electron chi connectivity index (χ0n) is 22.2. The molecule has 1 N–H and O–H groups in total. The molecule has 2 aromatic heterocycles. The lowest BCUT2D eigenvalue weighted by atomic mass is 9.98. The highest BCUT2D eigenvalue weighted by molar-refractivity contribution is 6.31. The van der Waals surface area contributed by atoms with Gasteiger partial charge in [0.15, 0.2) is 12.3 Å². The molecule has 3 aromatic rings. The number of carbonyl (C=O) groups is 2. The molecule has 2 aliphatic rings. The average Bonchev–Trinajstić information content (AvgIpc) is 3.52. The minimum atomic E-state index is -4.67. The van der Waals surface area contributed by atoms with Gasteiger partial charge in [0.25, 0.3) is 5.91 Å². The van der Waals surface area contributed by atoms with E-state index in [4.69, 9.17) is 21.7 Å². The Morgan fingerprint density at radius 2 is 1.98 bits per heavy atom. The number of hydrogen-bond acceptors (Lipinski definition) is 6. The van der Waals surface area contributed by atoms with Crippen LogP contribution in [0.15, 0.2) is 30.5 Å². The molecule has 13 heteroatoms. The van der Waals surface area contributed by atoms with Gasteiger partial charge in [-0.05, 0) is 56.7 Å². The maximum atomic E-state index is 13.8. The van der Waals surface area contributed by atoms with Crippen molar-refractivity contribution in [3.63, 3.8) is 0 Å². The van der Waals surface area contributed by atoms with E-state index in [1.807, 2.05) is 19.2 Å². The van der Waals surface area contributed by atoms with Crippen molar-refractivity contribution in [1.82, 2.24) is 19.5 Å². The molecule has 0 spiro atoms. The van der Waals surface area contributed by atoms with Gasteiger partial charge in [-0.3, -0.25) is 10.1 Å². The van der Waals surface area contributed by atoms with Crippen molar-refractivity contribution in [2.45, 2.75) is 51.7 Å². The Kier molecular flexibility index (Phi) is 7.80. The summed E-state index contributed by atoms with van der Waals surface area (Å²) in [6.07, 6.45) is -0.610. The number of aromatic nitrogens is 3. The van der Waals surface area contributed by atoms with E-state index in [1.54, 1.807) is 9.42 Å². The van der Waals surface area contributed by atoms with Crippen molar-refractivity contribution in [2.75, 3.05) is 36.5 Å². The van der Waals surface area contributed by atoms with Gasteiger partial charge in [0, 0.05) is 42.5 Å². The summed E-state index contributed by atoms with van der Waals surface area (Å²) in [5.41, 5.74) is 2.44. The smallest absolute Gasteiger partial charge is 0.422 e. The molecule has 214 valence electrons. The summed E-state index contributed by atoms with van der Waals surface area (Å²) in [6.45, 7) is 4.84. The van der Waals surface area contributed by atoms with Gasteiger partial charge in [-0.1, -0.05) is 18.5 Å². The summed E-state index contributed by atoms with van der Waals surface area (Å²) >= 11 is 6.17. The van der Waals surface area contributed by atoms with Crippen LogP contribution in [0.2, 0.25) is 5.02 Å². The number of nitrogens with zero attached hydrogens (tertiary/aromatic N) is 5. The summed E-state index contributed by atoms with van der Waals surface area (Å²) in [6, 6.07) is 5.71. The van der Waals surface area contributed by atoms with Crippen molar-refractivity contribution in [2.24, 2.45) is 5.92 Å². The van der Waals surface area contributed by atoms with Crippen LogP contribution in [-0.4, -0.2) is 63.9 Å². The third-order valence-corrected chi connectivity index (χ3v) is 7.50. The first-order valence-electron chi connectivity index (χ1n) is 13.2. The van der Waals surface area contributed by atoms with Crippen molar-refractivity contribution >= 4 is 40.8 Å². The molecule has 5 rings (SSSR count). The average molecular weight is 579 g/mol. The van der Waals surface area contributed by atoms with Crippen LogP contribution in [0.3, 0.4) is 0 Å². The molecular weight excluding hydrogens is 549 g/mol. The molecule has 0 aliphatic carbocycles. The number of carbonyl (C=O) groups excluding carboxylic acids is 2. The summed E-state index contributed by atoms with van der Waals surface area (Å²) in [5, 5.41) is 7.25. The van der Waals surface area contributed by atoms with E-state index < -0.39 is 24.8 Å². The van der Waals surface area contributed by atoms with Crippen molar-refractivity contribution < 1.29 is 27.5 Å². The first-order chi connectivity index (χ1) is 19.0. The van der Waals surface area contributed by atoms with Gasteiger partial charge in [0.2, 0.25) is 0 Å². The van der Waals surface area contributed by atoms with Gasteiger partial charge in [0.05, 0.1) is 23.0 Å². The van der Waals surface area contributed by atoms with Crippen molar-refractivity contribution in [1.29, 1.82) is 0 Å². The fourth-order valence-electron chi connectivity index (χ4n) is 5.36. The molecule has 2 aliphatic heterocycles. The van der Waals surface area contributed by atoms with Crippen LogP contribution in [0.5, 0.6) is 0 Å². The first-order valence-corrected chi connectivity index (χ1v) is 13.6. The number of rotatable bonds is 5. The predicted molar refractivity (Wildman–Crippen MR) is 144 cm³/mol. The zero-order chi connectivity index (χ0) is 28.6. The molecular formula is C27H30ClF3N6O3. The van der Waals surface area contributed by atoms with E-state index in [1.165, 1.54) is 18.2 Å². The normalized spacial score (nSPS) is 19.8. The quantitative estimate of drug-likeness (QED) is 0.398. The number of hydrogen-bond donors (Lipinski definition) is 1. The second kappa shape index (κ2) is 11.1. The highest BCUT2D eigenvalue weighted by Gasteiger charge is 2.33.